The molecule has 1 atom stereocenters. The van der Waals surface area contributed by atoms with Gasteiger partial charge in [-0.3, -0.25) is 4.79 Å². The molecule has 7 heteroatoms. The fourth-order valence-electron chi connectivity index (χ4n) is 2.27. The number of amides is 1. The van der Waals surface area contributed by atoms with Crippen molar-refractivity contribution in [3.05, 3.63) is 24.3 Å². The first kappa shape index (κ1) is 15.6. The second-order valence-corrected chi connectivity index (χ2v) is 4.95. The average Bonchev–Trinajstić information content (AvgIpc) is 2.90. The van der Waals surface area contributed by atoms with Crippen LogP contribution in [0.4, 0.5) is 18.9 Å². The van der Waals surface area contributed by atoms with Gasteiger partial charge in [-0.05, 0) is 50.1 Å². The number of carbonyl (C=O) groups is 1. The highest BCUT2D eigenvalue weighted by molar-refractivity contribution is 5.90. The van der Waals surface area contributed by atoms with Crippen molar-refractivity contribution in [2.45, 2.75) is 38.1 Å². The number of carbonyl (C=O) groups excluding carboxylic acids is 1. The zero-order valence-corrected chi connectivity index (χ0v) is 11.4. The molecule has 2 rings (SSSR count). The molecule has 0 radical (unpaired) electrons. The predicted octanol–water partition coefficient (Wildman–Crippen LogP) is 3.06. The quantitative estimate of drug-likeness (QED) is 0.879. The minimum Gasteiger partial charge on any atom is -0.406 e. The molecule has 2 N–H and O–H groups in total. The van der Waals surface area contributed by atoms with Gasteiger partial charge in [-0.1, -0.05) is 0 Å². The minimum atomic E-state index is -4.71. The topological polar surface area (TPSA) is 50.4 Å². The summed E-state index contributed by atoms with van der Waals surface area (Å²) in [7, 11) is 0. The van der Waals surface area contributed by atoms with Gasteiger partial charge in [0.15, 0.2) is 0 Å². The molecular formula is C14H17F3N2O2. The van der Waals surface area contributed by atoms with Crippen molar-refractivity contribution in [3.8, 4) is 5.75 Å². The number of hydrogen-bond acceptors (Lipinski definition) is 3. The second kappa shape index (κ2) is 6.80. The molecule has 1 unspecified atom stereocenters. The molecule has 21 heavy (non-hydrogen) atoms. The molecule has 1 aliphatic heterocycles. The molecule has 0 aromatic heterocycles. The van der Waals surface area contributed by atoms with Crippen molar-refractivity contribution < 1.29 is 22.7 Å². The lowest BCUT2D eigenvalue weighted by Gasteiger charge is -2.11. The van der Waals surface area contributed by atoms with Crippen LogP contribution in [0.25, 0.3) is 0 Å². The Balaban J connectivity index is 1.78. The summed E-state index contributed by atoms with van der Waals surface area (Å²) in [5.41, 5.74) is 0.453. The highest BCUT2D eigenvalue weighted by atomic mass is 19.4. The number of halogens is 3. The van der Waals surface area contributed by atoms with Crippen molar-refractivity contribution in [1.29, 1.82) is 0 Å². The van der Waals surface area contributed by atoms with E-state index in [0.29, 0.717) is 18.2 Å². The Hall–Kier alpha value is -1.76. The van der Waals surface area contributed by atoms with Crippen molar-refractivity contribution >= 4 is 11.6 Å². The van der Waals surface area contributed by atoms with Crippen LogP contribution in [0.15, 0.2) is 24.3 Å². The van der Waals surface area contributed by atoms with Gasteiger partial charge in [-0.2, -0.15) is 0 Å². The van der Waals surface area contributed by atoms with Crippen LogP contribution in [0.1, 0.15) is 25.7 Å². The Morgan fingerprint density at radius 2 is 2.05 bits per heavy atom. The molecule has 1 aromatic carbocycles. The van der Waals surface area contributed by atoms with Crippen molar-refractivity contribution in [1.82, 2.24) is 5.32 Å². The van der Waals surface area contributed by atoms with Gasteiger partial charge >= 0.3 is 6.36 Å². The molecule has 0 spiro atoms. The summed E-state index contributed by atoms with van der Waals surface area (Å²) in [4.78, 5) is 11.7. The van der Waals surface area contributed by atoms with E-state index in [1.807, 2.05) is 0 Å². The largest absolute Gasteiger partial charge is 0.573 e. The Morgan fingerprint density at radius 1 is 1.33 bits per heavy atom. The van der Waals surface area contributed by atoms with E-state index in [0.717, 1.165) is 25.8 Å². The lowest BCUT2D eigenvalue weighted by Crippen LogP contribution is -2.23. The maximum Gasteiger partial charge on any atom is 0.573 e. The first-order valence-corrected chi connectivity index (χ1v) is 6.81. The lowest BCUT2D eigenvalue weighted by molar-refractivity contribution is -0.274. The van der Waals surface area contributed by atoms with Gasteiger partial charge < -0.3 is 15.4 Å². The number of rotatable bonds is 5. The van der Waals surface area contributed by atoms with E-state index in [1.54, 1.807) is 0 Å². The van der Waals surface area contributed by atoms with Gasteiger partial charge in [-0.25, -0.2) is 0 Å². The highest BCUT2D eigenvalue weighted by Gasteiger charge is 2.30. The Kier molecular flexibility index (Phi) is 5.06. The van der Waals surface area contributed by atoms with Crippen LogP contribution in [0, 0.1) is 0 Å². The number of benzene rings is 1. The summed E-state index contributed by atoms with van der Waals surface area (Å²) in [5.74, 6) is -0.455. The monoisotopic (exact) mass is 302 g/mol. The molecule has 0 aliphatic carbocycles. The normalized spacial score (nSPS) is 18.5. The van der Waals surface area contributed by atoms with Crippen molar-refractivity contribution in [2.75, 3.05) is 11.9 Å². The first-order chi connectivity index (χ1) is 9.92. The lowest BCUT2D eigenvalue weighted by atomic mass is 10.1. The van der Waals surface area contributed by atoms with Gasteiger partial charge in [0.1, 0.15) is 5.75 Å². The second-order valence-electron chi connectivity index (χ2n) is 4.95. The van der Waals surface area contributed by atoms with E-state index in [9.17, 15) is 18.0 Å². The van der Waals surface area contributed by atoms with E-state index >= 15 is 0 Å². The summed E-state index contributed by atoms with van der Waals surface area (Å²) < 4.78 is 39.8. The Morgan fingerprint density at radius 3 is 2.62 bits per heavy atom. The van der Waals surface area contributed by atoms with Gasteiger partial charge in [0.05, 0.1) is 0 Å². The molecule has 4 nitrogen and oxygen atoms in total. The fourth-order valence-corrected chi connectivity index (χ4v) is 2.27. The van der Waals surface area contributed by atoms with Crippen LogP contribution < -0.4 is 15.4 Å². The smallest absolute Gasteiger partial charge is 0.406 e. The molecule has 116 valence electrons. The standard InChI is InChI=1S/C14H17F3N2O2/c15-14(16,17)21-12-6-3-11(4-7-12)19-13(20)8-5-10-2-1-9-18-10/h3-4,6-7,10,18H,1-2,5,8-9H2,(H,19,20). The number of anilines is 1. The van der Waals surface area contributed by atoms with Crippen LogP contribution in [0.5, 0.6) is 5.75 Å². The van der Waals surface area contributed by atoms with Crippen LogP contribution in [0.2, 0.25) is 0 Å². The van der Waals surface area contributed by atoms with E-state index < -0.39 is 6.36 Å². The molecule has 1 saturated heterocycles. The van der Waals surface area contributed by atoms with E-state index in [4.69, 9.17) is 0 Å². The summed E-state index contributed by atoms with van der Waals surface area (Å²) >= 11 is 0. The third kappa shape index (κ3) is 5.63. The SMILES string of the molecule is O=C(CCC1CCCN1)Nc1ccc(OC(F)(F)F)cc1. The summed E-state index contributed by atoms with van der Waals surface area (Å²) in [5, 5.41) is 5.95. The molecule has 1 amide bonds. The fraction of sp³-hybridized carbons (Fsp3) is 0.500. The molecule has 0 saturated carbocycles. The Labute approximate surface area is 120 Å². The van der Waals surface area contributed by atoms with Gasteiger partial charge in [-0.15, -0.1) is 13.2 Å². The number of nitrogens with one attached hydrogen (secondary N) is 2. The third-order valence-corrected chi connectivity index (χ3v) is 3.25. The molecule has 1 fully saturated rings. The molecular weight excluding hydrogens is 285 g/mol. The van der Waals surface area contributed by atoms with Crippen LogP contribution >= 0.6 is 0 Å². The van der Waals surface area contributed by atoms with E-state index in [1.165, 1.54) is 24.3 Å². The number of alkyl halides is 3. The first-order valence-electron chi connectivity index (χ1n) is 6.81. The van der Waals surface area contributed by atoms with Crippen molar-refractivity contribution in [3.63, 3.8) is 0 Å². The average molecular weight is 302 g/mol. The van der Waals surface area contributed by atoms with Crippen LogP contribution in [-0.4, -0.2) is 24.9 Å². The van der Waals surface area contributed by atoms with E-state index in [-0.39, 0.29) is 11.7 Å². The Bertz CT molecular complexity index is 468. The van der Waals surface area contributed by atoms with Gasteiger partial charge in [0, 0.05) is 18.2 Å². The summed E-state index contributed by atoms with van der Waals surface area (Å²) in [6.07, 6.45) is -1.34. The molecule has 0 bridgehead atoms. The van der Waals surface area contributed by atoms with Gasteiger partial charge in [0.25, 0.3) is 0 Å². The van der Waals surface area contributed by atoms with Crippen LogP contribution in [0.3, 0.4) is 0 Å². The number of ether oxygens (including phenoxy) is 1. The van der Waals surface area contributed by atoms with Crippen LogP contribution in [-0.2, 0) is 4.79 Å². The maximum absolute atomic E-state index is 12.0. The zero-order valence-electron chi connectivity index (χ0n) is 11.4. The maximum atomic E-state index is 12.0. The highest BCUT2D eigenvalue weighted by Crippen LogP contribution is 2.24. The minimum absolute atomic E-state index is 0.145. The molecule has 1 aromatic rings. The van der Waals surface area contributed by atoms with E-state index in [2.05, 4.69) is 15.4 Å². The third-order valence-electron chi connectivity index (χ3n) is 3.25. The predicted molar refractivity (Wildman–Crippen MR) is 72.0 cm³/mol. The van der Waals surface area contributed by atoms with Crippen molar-refractivity contribution in [2.24, 2.45) is 0 Å². The molecule has 1 heterocycles. The van der Waals surface area contributed by atoms with Gasteiger partial charge in [0.2, 0.25) is 5.91 Å². The summed E-state index contributed by atoms with van der Waals surface area (Å²) in [6, 6.07) is 5.49. The zero-order chi connectivity index (χ0) is 15.3. The summed E-state index contributed by atoms with van der Waals surface area (Å²) in [6.45, 7) is 0.993. The molecule has 1 aliphatic rings. The number of hydrogen-bond donors (Lipinski definition) is 2.